The van der Waals surface area contributed by atoms with Gasteiger partial charge in [0, 0.05) is 28.6 Å². The number of aliphatic carboxylic acids is 1. The minimum Gasteiger partial charge on any atom is -0.475 e. The van der Waals surface area contributed by atoms with Crippen LogP contribution >= 0.6 is 15.9 Å². The molecule has 234 valence electrons. The van der Waals surface area contributed by atoms with Crippen LogP contribution in [-0.4, -0.2) is 48.7 Å². The van der Waals surface area contributed by atoms with E-state index in [0.29, 0.717) is 29.2 Å². The number of carbonyl (C=O) groups is 1. The molecule has 0 atom stereocenters. The van der Waals surface area contributed by atoms with Gasteiger partial charge in [-0.15, -0.1) is 0 Å². The predicted molar refractivity (Wildman–Crippen MR) is 166 cm³/mol. The monoisotopic (exact) mass is 693 g/mol. The molecule has 0 bridgehead atoms. The maximum atomic E-state index is 12.6. The number of benzene rings is 3. The topological polar surface area (TPSA) is 133 Å². The molecule has 0 radical (unpaired) electrons. The number of halogens is 4. The van der Waals surface area contributed by atoms with E-state index >= 15 is 0 Å². The van der Waals surface area contributed by atoms with Gasteiger partial charge in [-0.25, -0.2) is 22.9 Å². The lowest BCUT2D eigenvalue weighted by atomic mass is 9.82. The second-order valence-corrected chi connectivity index (χ2v) is 13.0. The number of para-hydroxylation sites is 2. The van der Waals surface area contributed by atoms with Crippen LogP contribution in [0.5, 0.6) is 0 Å². The molecule has 1 aliphatic carbocycles. The maximum absolute atomic E-state index is 12.6. The quantitative estimate of drug-likeness (QED) is 0.148. The summed E-state index contributed by atoms with van der Waals surface area (Å²) in [5.41, 5.74) is 1.87. The van der Waals surface area contributed by atoms with E-state index in [1.807, 2.05) is 54.6 Å². The molecule has 1 fully saturated rings. The van der Waals surface area contributed by atoms with Gasteiger partial charge in [0.05, 0.1) is 10.4 Å². The molecule has 4 aromatic rings. The largest absolute Gasteiger partial charge is 0.490 e. The van der Waals surface area contributed by atoms with Crippen LogP contribution in [0.4, 0.5) is 30.6 Å². The lowest BCUT2D eigenvalue weighted by Crippen LogP contribution is -2.32. The molecule has 0 spiro atoms. The molecule has 44 heavy (non-hydrogen) atoms. The lowest BCUT2D eigenvalue weighted by Gasteiger charge is -2.28. The number of fused-ring (bicyclic) bond motifs is 1. The number of aromatic nitrogens is 2. The summed E-state index contributed by atoms with van der Waals surface area (Å²) in [5, 5.41) is 15.0. The zero-order valence-electron chi connectivity index (χ0n) is 23.4. The van der Waals surface area contributed by atoms with E-state index in [1.165, 1.54) is 0 Å². The number of hydrogen-bond donors (Lipinski definition) is 4. The van der Waals surface area contributed by atoms with E-state index < -0.39 is 22.2 Å². The van der Waals surface area contributed by atoms with Crippen LogP contribution in [0.25, 0.3) is 10.9 Å². The summed E-state index contributed by atoms with van der Waals surface area (Å²) in [6.07, 6.45) is -1.01. The number of alkyl halides is 3. The van der Waals surface area contributed by atoms with Gasteiger partial charge in [0.25, 0.3) is 0 Å². The molecule has 1 saturated carbocycles. The van der Waals surface area contributed by atoms with Crippen molar-refractivity contribution in [2.45, 2.75) is 36.8 Å². The van der Waals surface area contributed by atoms with Gasteiger partial charge in [-0.2, -0.15) is 18.2 Å². The van der Waals surface area contributed by atoms with Crippen molar-refractivity contribution in [2.24, 2.45) is 11.8 Å². The van der Waals surface area contributed by atoms with Crippen molar-refractivity contribution >= 4 is 60.3 Å². The number of carboxylic acids is 1. The molecule has 1 heterocycles. The lowest BCUT2D eigenvalue weighted by molar-refractivity contribution is -0.192. The number of sulfonamides is 1. The van der Waals surface area contributed by atoms with Gasteiger partial charge in [-0.05, 0) is 86.1 Å². The molecule has 9 nitrogen and oxygen atoms in total. The van der Waals surface area contributed by atoms with Crippen molar-refractivity contribution in [2.75, 3.05) is 23.7 Å². The Morgan fingerprint density at radius 1 is 0.864 bits per heavy atom. The Morgan fingerprint density at radius 2 is 1.43 bits per heavy atom. The fourth-order valence-electron chi connectivity index (χ4n) is 4.71. The van der Waals surface area contributed by atoms with Crippen LogP contribution < -0.4 is 15.4 Å². The van der Waals surface area contributed by atoms with E-state index in [9.17, 15) is 21.6 Å². The second kappa shape index (κ2) is 14.8. The Balaban J connectivity index is 0.000000566. The van der Waals surface area contributed by atoms with E-state index in [0.717, 1.165) is 59.1 Å². The maximum Gasteiger partial charge on any atom is 0.490 e. The predicted octanol–water partition coefficient (Wildman–Crippen LogP) is 6.97. The van der Waals surface area contributed by atoms with Crippen LogP contribution in [0.1, 0.15) is 25.7 Å². The minimum atomic E-state index is -5.08. The number of nitrogens with zero attached hydrogens (tertiary/aromatic N) is 2. The number of anilines is 3. The van der Waals surface area contributed by atoms with Gasteiger partial charge in [0.15, 0.2) is 0 Å². The minimum absolute atomic E-state index is 0.296. The van der Waals surface area contributed by atoms with E-state index in [2.05, 4.69) is 31.3 Å². The highest BCUT2D eigenvalue weighted by atomic mass is 79.9. The second-order valence-electron chi connectivity index (χ2n) is 10.3. The van der Waals surface area contributed by atoms with E-state index in [-0.39, 0.29) is 0 Å². The summed E-state index contributed by atoms with van der Waals surface area (Å²) in [5.74, 6) is -0.518. The molecule has 1 aliphatic rings. The molecular weight excluding hydrogens is 663 g/mol. The van der Waals surface area contributed by atoms with Crippen LogP contribution in [0, 0.1) is 11.8 Å². The first-order valence-corrected chi connectivity index (χ1v) is 16.1. The van der Waals surface area contributed by atoms with Gasteiger partial charge in [0.2, 0.25) is 16.0 Å². The Bertz CT molecular complexity index is 1650. The summed E-state index contributed by atoms with van der Waals surface area (Å²) in [6.45, 7) is 1.27. The normalized spacial score (nSPS) is 16.9. The molecule has 4 N–H and O–H groups in total. The fourth-order valence-corrected chi connectivity index (χ4v) is 6.09. The summed E-state index contributed by atoms with van der Waals surface area (Å²) in [7, 11) is -3.49. The summed E-state index contributed by atoms with van der Waals surface area (Å²) >= 11 is 3.34. The Kier molecular flexibility index (Phi) is 11.2. The summed E-state index contributed by atoms with van der Waals surface area (Å²) in [6, 6.07) is 24.7. The highest BCUT2D eigenvalue weighted by molar-refractivity contribution is 9.10. The SMILES string of the molecule is O=C(O)C(F)(F)F.O=S(=O)(NCC1CCC(CNc2nc(Nc3ccccc3)c3ccccc3n2)CC1)c1ccc(Br)cc1. The van der Waals surface area contributed by atoms with E-state index in [4.69, 9.17) is 19.9 Å². The van der Waals surface area contributed by atoms with Gasteiger partial charge < -0.3 is 15.7 Å². The third kappa shape index (κ3) is 9.63. The molecule has 0 saturated heterocycles. The van der Waals surface area contributed by atoms with Gasteiger partial charge in [-0.1, -0.05) is 46.3 Å². The standard InChI is InChI=1S/C28H30BrN5O2S.C2HF3O2/c29-22-14-16-24(17-15-22)37(35,36)31-19-21-12-10-20(11-13-21)18-30-28-33-26-9-5-4-8-25(26)27(34-28)32-23-6-2-1-3-7-23;3-2(4,5)1(6)7/h1-9,14-17,20-21,31H,10-13,18-19H2,(H2,30,32,33,34);(H,6,7). The molecule has 1 aromatic heterocycles. The van der Waals surface area contributed by atoms with Crippen molar-refractivity contribution in [1.82, 2.24) is 14.7 Å². The van der Waals surface area contributed by atoms with Crippen LogP contribution in [0.3, 0.4) is 0 Å². The Hall–Kier alpha value is -3.75. The first-order chi connectivity index (χ1) is 20.9. The average molecular weight is 695 g/mol. The van der Waals surface area contributed by atoms with Crippen LogP contribution in [0.15, 0.2) is 88.2 Å². The van der Waals surface area contributed by atoms with Crippen molar-refractivity contribution in [1.29, 1.82) is 0 Å². The molecule has 0 unspecified atom stereocenters. The summed E-state index contributed by atoms with van der Waals surface area (Å²) < 4.78 is 60.6. The molecule has 5 rings (SSSR count). The fraction of sp³-hybridized carbons (Fsp3) is 0.300. The molecule has 3 aromatic carbocycles. The third-order valence-corrected chi connectivity index (χ3v) is 9.05. The number of hydrogen-bond acceptors (Lipinski definition) is 7. The van der Waals surface area contributed by atoms with Crippen LogP contribution in [0.2, 0.25) is 0 Å². The van der Waals surface area contributed by atoms with Crippen molar-refractivity contribution in [3.8, 4) is 0 Å². The zero-order valence-corrected chi connectivity index (χ0v) is 25.8. The highest BCUT2D eigenvalue weighted by Crippen LogP contribution is 2.30. The summed E-state index contributed by atoms with van der Waals surface area (Å²) in [4.78, 5) is 18.7. The Labute approximate surface area is 261 Å². The first-order valence-electron chi connectivity index (χ1n) is 13.8. The molecule has 14 heteroatoms. The Morgan fingerprint density at radius 3 is 2.05 bits per heavy atom. The molecular formula is C30H31BrF3N5O4S. The van der Waals surface area contributed by atoms with Gasteiger partial charge in [-0.3, -0.25) is 0 Å². The highest BCUT2D eigenvalue weighted by Gasteiger charge is 2.38. The van der Waals surface area contributed by atoms with Gasteiger partial charge >= 0.3 is 12.1 Å². The van der Waals surface area contributed by atoms with Crippen molar-refractivity contribution in [3.05, 3.63) is 83.3 Å². The van der Waals surface area contributed by atoms with Crippen LogP contribution in [-0.2, 0) is 14.8 Å². The van der Waals surface area contributed by atoms with Gasteiger partial charge in [0.1, 0.15) is 5.82 Å². The third-order valence-electron chi connectivity index (χ3n) is 7.08. The smallest absolute Gasteiger partial charge is 0.475 e. The number of nitrogens with one attached hydrogen (secondary N) is 3. The average Bonchev–Trinajstić information content (AvgIpc) is 3.00. The molecule has 0 amide bonds. The number of carboxylic acid groups (broad SMARTS) is 1. The van der Waals surface area contributed by atoms with Crippen molar-refractivity contribution in [3.63, 3.8) is 0 Å². The zero-order chi connectivity index (χ0) is 31.7. The van der Waals surface area contributed by atoms with E-state index in [1.54, 1.807) is 24.3 Å². The number of rotatable bonds is 9. The first kappa shape index (κ1) is 33.1. The van der Waals surface area contributed by atoms with Crippen molar-refractivity contribution < 1.29 is 31.5 Å². The molecule has 0 aliphatic heterocycles.